The van der Waals surface area contributed by atoms with Gasteiger partial charge in [0.05, 0.1) is 24.1 Å². The average Bonchev–Trinajstić information content (AvgIpc) is 3.17. The first-order chi connectivity index (χ1) is 17.3. The van der Waals surface area contributed by atoms with Crippen LogP contribution < -0.4 is 19.5 Å². The summed E-state index contributed by atoms with van der Waals surface area (Å²) in [6, 6.07) is 14.3. The maximum Gasteiger partial charge on any atom is 0.264 e. The molecule has 0 saturated carbocycles. The minimum Gasteiger partial charge on any atom is -0.494 e. The largest absolute Gasteiger partial charge is 0.494 e. The van der Waals surface area contributed by atoms with Crippen molar-refractivity contribution in [2.75, 3.05) is 14.2 Å². The molecule has 0 aromatic heterocycles. The number of aryl methyl sites for hydroxylation is 1. The second kappa shape index (κ2) is 11.5. The molecule has 0 radical (unpaired) electrons. The number of methoxy groups -OCH3 is 2. The third-order valence-electron chi connectivity index (χ3n) is 5.14. The zero-order valence-electron chi connectivity index (χ0n) is 19.5. The van der Waals surface area contributed by atoms with E-state index in [0.29, 0.717) is 53.6 Å². The minimum absolute atomic E-state index is 0.174. The van der Waals surface area contributed by atoms with Crippen molar-refractivity contribution >= 4 is 69.4 Å². The number of rotatable bonds is 7. The number of aliphatic imine (C=N–C) groups is 1. The number of nitrogens with one attached hydrogen (secondary N) is 1. The lowest BCUT2D eigenvalue weighted by Gasteiger charge is -2.14. The van der Waals surface area contributed by atoms with Crippen molar-refractivity contribution in [3.8, 4) is 17.2 Å². The Morgan fingerprint density at radius 1 is 0.972 bits per heavy atom. The smallest absolute Gasteiger partial charge is 0.264 e. The van der Waals surface area contributed by atoms with Crippen LogP contribution in [0.1, 0.15) is 16.7 Å². The summed E-state index contributed by atoms with van der Waals surface area (Å²) in [4.78, 5) is 17.6. The third kappa shape index (κ3) is 6.10. The van der Waals surface area contributed by atoms with Gasteiger partial charge in [0.15, 0.2) is 16.7 Å². The summed E-state index contributed by atoms with van der Waals surface area (Å²) in [7, 11) is 3.09. The molecule has 3 aromatic carbocycles. The van der Waals surface area contributed by atoms with Gasteiger partial charge in [-0.1, -0.05) is 46.9 Å². The van der Waals surface area contributed by atoms with Crippen LogP contribution in [0.2, 0.25) is 15.1 Å². The number of halogens is 3. The molecular weight excluding hydrogens is 543 g/mol. The molecule has 0 spiro atoms. The van der Waals surface area contributed by atoms with Gasteiger partial charge >= 0.3 is 0 Å². The van der Waals surface area contributed by atoms with Crippen molar-refractivity contribution in [1.82, 2.24) is 5.32 Å². The number of amides is 1. The molecule has 6 nitrogen and oxygen atoms in total. The standard InChI is InChI=1S/C26H21Cl3N2O4S/c1-14-4-7-21(33-2)20(8-14)30-26-31-25(32)23(36-26)11-15-9-19(29)24(22(10-15)34-3)35-13-16-5-6-17(27)12-18(16)28/h4-12H,13H2,1-3H3,(H,30,31,32)/b23-11-. The summed E-state index contributed by atoms with van der Waals surface area (Å²) in [5.41, 5.74) is 3.08. The first-order valence-electron chi connectivity index (χ1n) is 10.7. The molecular formula is C26H21Cl3N2O4S. The van der Waals surface area contributed by atoms with E-state index in [0.717, 1.165) is 11.1 Å². The first-order valence-corrected chi connectivity index (χ1v) is 12.6. The van der Waals surface area contributed by atoms with Crippen molar-refractivity contribution < 1.29 is 19.0 Å². The van der Waals surface area contributed by atoms with Gasteiger partial charge in [0.25, 0.3) is 5.91 Å². The van der Waals surface area contributed by atoms with Crippen LogP contribution >= 0.6 is 46.6 Å². The Kier molecular flexibility index (Phi) is 8.36. The van der Waals surface area contributed by atoms with Crippen molar-refractivity contribution in [1.29, 1.82) is 0 Å². The Morgan fingerprint density at radius 3 is 2.47 bits per heavy atom. The van der Waals surface area contributed by atoms with Gasteiger partial charge in [0, 0.05) is 15.6 Å². The summed E-state index contributed by atoms with van der Waals surface area (Å²) >= 11 is 19.9. The number of amidine groups is 1. The number of thioether (sulfide) groups is 1. The van der Waals surface area contributed by atoms with E-state index < -0.39 is 0 Å². The van der Waals surface area contributed by atoms with Gasteiger partial charge in [-0.2, -0.15) is 0 Å². The third-order valence-corrected chi connectivity index (χ3v) is 6.92. The molecule has 186 valence electrons. The molecule has 1 amide bonds. The van der Waals surface area contributed by atoms with Crippen molar-refractivity contribution in [3.05, 3.63) is 85.2 Å². The number of nitrogens with zero attached hydrogens (tertiary/aromatic N) is 1. The molecule has 1 aliphatic heterocycles. The van der Waals surface area contributed by atoms with Crippen LogP contribution in [0.15, 0.2) is 58.4 Å². The van der Waals surface area contributed by atoms with Crippen LogP contribution in [0, 0.1) is 6.92 Å². The normalized spacial score (nSPS) is 15.3. The van der Waals surface area contributed by atoms with Crippen LogP contribution in [0.4, 0.5) is 5.69 Å². The highest BCUT2D eigenvalue weighted by atomic mass is 35.5. The Morgan fingerprint density at radius 2 is 1.75 bits per heavy atom. The predicted octanol–water partition coefficient (Wildman–Crippen LogP) is 7.44. The van der Waals surface area contributed by atoms with E-state index >= 15 is 0 Å². The zero-order valence-corrected chi connectivity index (χ0v) is 22.6. The van der Waals surface area contributed by atoms with Gasteiger partial charge in [0.1, 0.15) is 18.0 Å². The van der Waals surface area contributed by atoms with Crippen LogP contribution in [0.5, 0.6) is 17.2 Å². The van der Waals surface area contributed by atoms with Crippen molar-refractivity contribution in [3.63, 3.8) is 0 Å². The molecule has 4 rings (SSSR count). The van der Waals surface area contributed by atoms with E-state index in [9.17, 15) is 4.79 Å². The number of ether oxygens (including phenoxy) is 3. The Labute approximate surface area is 228 Å². The Bertz CT molecular complexity index is 1390. The highest BCUT2D eigenvalue weighted by molar-refractivity contribution is 8.18. The SMILES string of the molecule is COc1ccc(C)cc1N=C1NC(=O)/C(=C/c2cc(Cl)c(OCc3ccc(Cl)cc3Cl)c(OC)c2)S1. The minimum atomic E-state index is -0.266. The van der Waals surface area contributed by atoms with E-state index in [1.54, 1.807) is 43.5 Å². The quantitative estimate of drug-likeness (QED) is 0.303. The molecule has 0 aliphatic carbocycles. The fourth-order valence-corrected chi connectivity index (χ4v) is 4.95. The number of benzene rings is 3. The van der Waals surface area contributed by atoms with Gasteiger partial charge in [-0.05, 0) is 72.3 Å². The molecule has 0 atom stereocenters. The molecule has 1 heterocycles. The number of carbonyl (C=O) groups is 1. The van der Waals surface area contributed by atoms with E-state index in [1.807, 2.05) is 25.1 Å². The summed E-state index contributed by atoms with van der Waals surface area (Å²) in [6.07, 6.45) is 1.71. The molecule has 10 heteroatoms. The monoisotopic (exact) mass is 562 g/mol. The van der Waals surface area contributed by atoms with Gasteiger partial charge < -0.3 is 19.5 Å². The molecule has 0 bridgehead atoms. The fraction of sp³-hybridized carbons (Fsp3) is 0.154. The summed E-state index contributed by atoms with van der Waals surface area (Å²) < 4.78 is 16.8. The predicted molar refractivity (Wildman–Crippen MR) is 147 cm³/mol. The van der Waals surface area contributed by atoms with E-state index in [-0.39, 0.29) is 12.5 Å². The highest BCUT2D eigenvalue weighted by Crippen LogP contribution is 2.39. The second-order valence-electron chi connectivity index (χ2n) is 7.72. The average molecular weight is 564 g/mol. The lowest BCUT2D eigenvalue weighted by molar-refractivity contribution is -0.115. The van der Waals surface area contributed by atoms with Crippen LogP contribution in [0.25, 0.3) is 6.08 Å². The number of hydrogen-bond donors (Lipinski definition) is 1. The molecule has 0 unspecified atom stereocenters. The highest BCUT2D eigenvalue weighted by Gasteiger charge is 2.25. The fourth-order valence-electron chi connectivity index (χ4n) is 3.38. The first kappa shape index (κ1) is 26.2. The molecule has 1 fully saturated rings. The lowest BCUT2D eigenvalue weighted by atomic mass is 10.1. The van der Waals surface area contributed by atoms with Crippen molar-refractivity contribution in [2.24, 2.45) is 4.99 Å². The zero-order chi connectivity index (χ0) is 25.8. The second-order valence-corrected chi connectivity index (χ2v) is 10.00. The van der Waals surface area contributed by atoms with Gasteiger partial charge in [-0.3, -0.25) is 4.79 Å². The maximum atomic E-state index is 12.6. The van der Waals surface area contributed by atoms with Gasteiger partial charge in [-0.25, -0.2) is 4.99 Å². The molecule has 1 N–H and O–H groups in total. The molecule has 1 aliphatic rings. The van der Waals surface area contributed by atoms with E-state index in [2.05, 4.69) is 10.3 Å². The lowest BCUT2D eigenvalue weighted by Crippen LogP contribution is -2.19. The van der Waals surface area contributed by atoms with Crippen molar-refractivity contribution in [2.45, 2.75) is 13.5 Å². The summed E-state index contributed by atoms with van der Waals surface area (Å²) in [6.45, 7) is 2.14. The molecule has 1 saturated heterocycles. The van der Waals surface area contributed by atoms with Crippen LogP contribution in [-0.2, 0) is 11.4 Å². The Hall–Kier alpha value is -2.84. The molecule has 36 heavy (non-hydrogen) atoms. The van der Waals surface area contributed by atoms with Crippen LogP contribution in [0.3, 0.4) is 0 Å². The maximum absolute atomic E-state index is 12.6. The van der Waals surface area contributed by atoms with E-state index in [1.165, 1.54) is 18.9 Å². The van der Waals surface area contributed by atoms with Gasteiger partial charge in [-0.15, -0.1) is 0 Å². The summed E-state index contributed by atoms with van der Waals surface area (Å²) in [5, 5.41) is 4.59. The molecule has 3 aromatic rings. The van der Waals surface area contributed by atoms with Crippen LogP contribution in [-0.4, -0.2) is 25.3 Å². The summed E-state index contributed by atoms with van der Waals surface area (Å²) in [5.74, 6) is 1.14. The van der Waals surface area contributed by atoms with Gasteiger partial charge in [0.2, 0.25) is 0 Å². The topological polar surface area (TPSA) is 69.2 Å². The van der Waals surface area contributed by atoms with E-state index in [4.69, 9.17) is 49.0 Å². The number of carbonyl (C=O) groups excluding carboxylic acids is 1. The Balaban J connectivity index is 1.56. The number of hydrogen-bond acceptors (Lipinski definition) is 6.